The molecule has 20 heavy (non-hydrogen) atoms. The zero-order valence-electron chi connectivity index (χ0n) is 10.4. The van der Waals surface area contributed by atoms with Gasteiger partial charge in [0.15, 0.2) is 0 Å². The van der Waals surface area contributed by atoms with E-state index in [9.17, 15) is 18.0 Å². The number of carbonyl (C=O) groups is 1. The van der Waals surface area contributed by atoms with Crippen LogP contribution in [0.1, 0.15) is 5.56 Å². The molecular weight excluding hydrogens is 277 g/mol. The zero-order chi connectivity index (χ0) is 15.2. The number of halogens is 3. The number of amides is 2. The first-order valence-corrected chi connectivity index (χ1v) is 5.80. The van der Waals surface area contributed by atoms with Crippen LogP contribution in [0, 0.1) is 0 Å². The maximum atomic E-state index is 12.4. The first kappa shape index (κ1) is 16.3. The van der Waals surface area contributed by atoms with Crippen LogP contribution in [0.25, 0.3) is 0 Å². The Hall–Kier alpha value is -1.80. The Morgan fingerprint density at radius 3 is 2.55 bits per heavy atom. The molecule has 0 bridgehead atoms. The highest BCUT2D eigenvalue weighted by Crippen LogP contribution is 2.25. The molecule has 4 N–H and O–H groups in total. The van der Waals surface area contributed by atoms with Gasteiger partial charge in [-0.05, 0) is 11.6 Å². The lowest BCUT2D eigenvalue weighted by Crippen LogP contribution is -2.36. The zero-order valence-corrected chi connectivity index (χ0v) is 10.4. The second-order valence-electron chi connectivity index (χ2n) is 4.12. The Bertz CT molecular complexity index is 452. The van der Waals surface area contributed by atoms with Crippen molar-refractivity contribution in [1.29, 1.82) is 0 Å². The molecule has 0 spiro atoms. The Balaban J connectivity index is 2.65. The van der Waals surface area contributed by atoms with Crippen LogP contribution >= 0.6 is 0 Å². The van der Waals surface area contributed by atoms with Crippen molar-refractivity contribution in [1.82, 2.24) is 5.32 Å². The van der Waals surface area contributed by atoms with E-state index in [1.807, 2.05) is 0 Å². The van der Waals surface area contributed by atoms with Crippen LogP contribution in [0.5, 0.6) is 0 Å². The van der Waals surface area contributed by atoms with Gasteiger partial charge in [-0.1, -0.05) is 18.2 Å². The Morgan fingerprint density at radius 2 is 1.95 bits per heavy atom. The molecule has 0 heterocycles. The van der Waals surface area contributed by atoms with Crippen molar-refractivity contribution in [3.63, 3.8) is 0 Å². The minimum atomic E-state index is -4.37. The van der Waals surface area contributed by atoms with Crippen LogP contribution in [0.2, 0.25) is 0 Å². The maximum Gasteiger partial charge on any atom is 0.393 e. The van der Waals surface area contributed by atoms with Gasteiger partial charge in [-0.25, -0.2) is 4.79 Å². The topological polar surface area (TPSA) is 81.6 Å². The van der Waals surface area contributed by atoms with Crippen molar-refractivity contribution in [3.8, 4) is 0 Å². The van der Waals surface area contributed by atoms with Crippen LogP contribution in [0.15, 0.2) is 24.3 Å². The summed E-state index contributed by atoms with van der Waals surface area (Å²) in [5.74, 6) is 0. The summed E-state index contributed by atoms with van der Waals surface area (Å²) in [5, 5.41) is 22.1. The number of benzene rings is 1. The molecule has 0 aromatic heterocycles. The summed E-state index contributed by atoms with van der Waals surface area (Å²) in [7, 11) is 0. The second-order valence-corrected chi connectivity index (χ2v) is 4.12. The lowest BCUT2D eigenvalue weighted by atomic mass is 10.1. The van der Waals surface area contributed by atoms with E-state index >= 15 is 0 Å². The first-order valence-electron chi connectivity index (χ1n) is 5.80. The number of aliphatic hydroxyl groups excluding tert-OH is 2. The van der Waals surface area contributed by atoms with Gasteiger partial charge in [-0.15, -0.1) is 0 Å². The van der Waals surface area contributed by atoms with Gasteiger partial charge < -0.3 is 20.8 Å². The molecule has 5 nitrogen and oxygen atoms in total. The summed E-state index contributed by atoms with van der Waals surface area (Å²) in [5.41, 5.74) is -0.0151. The molecule has 0 aliphatic heterocycles. The number of rotatable bonds is 5. The highest BCUT2D eigenvalue weighted by molar-refractivity contribution is 5.90. The molecule has 0 unspecified atom stereocenters. The average Bonchev–Trinajstić information content (AvgIpc) is 2.36. The SMILES string of the molecule is O=C(NC[C@H](O)CO)Nc1ccccc1CC(F)(F)F. The van der Waals surface area contributed by atoms with Gasteiger partial charge in [-0.2, -0.15) is 13.2 Å². The summed E-state index contributed by atoms with van der Waals surface area (Å²) >= 11 is 0. The first-order chi connectivity index (χ1) is 9.31. The number of alkyl halides is 3. The van der Waals surface area contributed by atoms with Crippen molar-refractivity contribution in [2.75, 3.05) is 18.5 Å². The van der Waals surface area contributed by atoms with E-state index in [1.54, 1.807) is 0 Å². The third-order valence-corrected chi connectivity index (χ3v) is 2.37. The van der Waals surface area contributed by atoms with E-state index in [4.69, 9.17) is 10.2 Å². The minimum absolute atomic E-state index is 0.0424. The van der Waals surface area contributed by atoms with Crippen molar-refractivity contribution < 1.29 is 28.2 Å². The largest absolute Gasteiger partial charge is 0.394 e. The molecule has 0 aliphatic carbocycles. The predicted molar refractivity (Wildman–Crippen MR) is 66.3 cm³/mol. The Kier molecular flexibility index (Phi) is 5.78. The monoisotopic (exact) mass is 292 g/mol. The molecule has 0 aliphatic rings. The van der Waals surface area contributed by atoms with Crippen molar-refractivity contribution in [2.45, 2.75) is 18.7 Å². The van der Waals surface area contributed by atoms with Crippen LogP contribution < -0.4 is 10.6 Å². The highest BCUT2D eigenvalue weighted by atomic mass is 19.4. The lowest BCUT2D eigenvalue weighted by Gasteiger charge is -2.14. The number of nitrogens with one attached hydrogen (secondary N) is 2. The molecule has 112 valence electrons. The van der Waals surface area contributed by atoms with Crippen LogP contribution in [0.4, 0.5) is 23.7 Å². The van der Waals surface area contributed by atoms with Crippen LogP contribution in [0.3, 0.4) is 0 Å². The van der Waals surface area contributed by atoms with Crippen molar-refractivity contribution in [3.05, 3.63) is 29.8 Å². The molecule has 0 saturated carbocycles. The van der Waals surface area contributed by atoms with Gasteiger partial charge in [0, 0.05) is 12.2 Å². The Morgan fingerprint density at radius 1 is 1.30 bits per heavy atom. The van der Waals surface area contributed by atoms with Gasteiger partial charge >= 0.3 is 12.2 Å². The molecule has 2 amide bonds. The molecule has 1 rings (SSSR count). The molecule has 0 saturated heterocycles. The number of carbonyl (C=O) groups excluding carboxylic acids is 1. The van der Waals surface area contributed by atoms with E-state index in [1.165, 1.54) is 24.3 Å². The second kappa shape index (κ2) is 7.11. The number of urea groups is 1. The van der Waals surface area contributed by atoms with Crippen molar-refractivity contribution >= 4 is 11.7 Å². The molecule has 8 heteroatoms. The standard InChI is InChI=1S/C12H15F3N2O3/c13-12(14,15)5-8-3-1-2-4-10(8)17-11(20)16-6-9(19)7-18/h1-4,9,18-19H,5-7H2,(H2,16,17,20)/t9-/m0/s1. The van der Waals surface area contributed by atoms with E-state index in [-0.39, 0.29) is 17.8 Å². The average molecular weight is 292 g/mol. The number of hydrogen-bond acceptors (Lipinski definition) is 3. The van der Waals surface area contributed by atoms with E-state index < -0.39 is 31.3 Å². The summed E-state index contributed by atoms with van der Waals surface area (Å²) in [6, 6.07) is 4.80. The van der Waals surface area contributed by atoms with Gasteiger partial charge in [0.1, 0.15) is 0 Å². The Labute approximate surface area is 113 Å². The molecule has 1 aromatic carbocycles. The summed E-state index contributed by atoms with van der Waals surface area (Å²) in [6.07, 6.45) is -6.64. The van der Waals surface area contributed by atoms with E-state index in [0.717, 1.165) is 0 Å². The van der Waals surface area contributed by atoms with E-state index in [2.05, 4.69) is 10.6 Å². The predicted octanol–water partition coefficient (Wildman–Crippen LogP) is 1.27. The summed E-state index contributed by atoms with van der Waals surface area (Å²) in [6.45, 7) is -0.727. The summed E-state index contributed by atoms with van der Waals surface area (Å²) in [4.78, 5) is 11.5. The molecule has 1 atom stereocenters. The molecule has 1 aromatic rings. The molecule has 0 radical (unpaired) electrons. The maximum absolute atomic E-state index is 12.4. The highest BCUT2D eigenvalue weighted by Gasteiger charge is 2.28. The third kappa shape index (κ3) is 5.89. The quantitative estimate of drug-likeness (QED) is 0.659. The molecule has 0 fully saturated rings. The minimum Gasteiger partial charge on any atom is -0.394 e. The number of para-hydroxylation sites is 1. The van der Waals surface area contributed by atoms with Crippen LogP contribution in [-0.4, -0.2) is 41.7 Å². The summed E-state index contributed by atoms with van der Waals surface area (Å²) < 4.78 is 37.1. The number of aliphatic hydroxyl groups is 2. The molecular formula is C12H15F3N2O3. The van der Waals surface area contributed by atoms with Crippen LogP contribution in [-0.2, 0) is 6.42 Å². The fraction of sp³-hybridized carbons (Fsp3) is 0.417. The fourth-order valence-corrected chi connectivity index (χ4v) is 1.45. The smallest absolute Gasteiger partial charge is 0.393 e. The van der Waals surface area contributed by atoms with Gasteiger partial charge in [-0.3, -0.25) is 0 Å². The van der Waals surface area contributed by atoms with E-state index in [0.29, 0.717) is 0 Å². The van der Waals surface area contributed by atoms with Gasteiger partial charge in [0.05, 0.1) is 19.1 Å². The van der Waals surface area contributed by atoms with Crippen molar-refractivity contribution in [2.24, 2.45) is 0 Å². The number of hydrogen-bond donors (Lipinski definition) is 4. The lowest BCUT2D eigenvalue weighted by molar-refractivity contribution is -0.127. The van der Waals surface area contributed by atoms with Gasteiger partial charge in [0.25, 0.3) is 0 Å². The van der Waals surface area contributed by atoms with Gasteiger partial charge in [0.2, 0.25) is 0 Å². The number of anilines is 1. The normalized spacial score (nSPS) is 12.8. The third-order valence-electron chi connectivity index (χ3n) is 2.37. The fourth-order valence-electron chi connectivity index (χ4n) is 1.45.